The number of hydrogen-bond donors (Lipinski definition) is 0. The number of hydrogen-bond acceptors (Lipinski definition) is 6. The van der Waals surface area contributed by atoms with E-state index in [-0.39, 0.29) is 5.97 Å². The fourth-order valence-corrected chi connectivity index (χ4v) is 4.32. The molecule has 0 saturated carbocycles. The fourth-order valence-electron chi connectivity index (χ4n) is 4.32. The quantitative estimate of drug-likeness (QED) is 0.0921. The lowest BCUT2D eigenvalue weighted by molar-refractivity contribution is -0.134. The number of carbonyl (C=O) groups is 2. The van der Waals surface area contributed by atoms with E-state index >= 15 is 0 Å². The van der Waals surface area contributed by atoms with E-state index in [4.69, 9.17) is 9.47 Å². The van der Waals surface area contributed by atoms with E-state index in [1.54, 1.807) is 12.1 Å². The monoisotopic (exact) mass is 524 g/mol. The average Bonchev–Trinajstić information content (AvgIpc) is 2.94. The predicted octanol–water partition coefficient (Wildman–Crippen LogP) is 8.88. The molecule has 2 rings (SSSR count). The Morgan fingerprint density at radius 2 is 1.16 bits per heavy atom. The van der Waals surface area contributed by atoms with Crippen LogP contribution in [-0.2, 0) is 9.53 Å². The molecule has 1 aromatic heterocycles. The molecular weight excluding hydrogens is 476 g/mol. The first-order chi connectivity index (χ1) is 18.6. The lowest BCUT2D eigenvalue weighted by Gasteiger charge is -2.07. The number of nitrogens with zero attached hydrogens (tertiary/aromatic N) is 2. The Hall–Kier alpha value is -2.76. The largest absolute Gasteiger partial charge is 0.462 e. The second-order valence-electron chi connectivity index (χ2n) is 10.1. The van der Waals surface area contributed by atoms with Crippen LogP contribution in [0.3, 0.4) is 0 Å². The summed E-state index contributed by atoms with van der Waals surface area (Å²) in [5.41, 5.74) is 1.13. The minimum Gasteiger partial charge on any atom is -0.462 e. The van der Waals surface area contributed by atoms with E-state index in [1.165, 1.54) is 89.4 Å². The molecule has 0 aliphatic heterocycles. The summed E-state index contributed by atoms with van der Waals surface area (Å²) in [5, 5.41) is 0. The smallest absolute Gasteiger partial charge is 0.341 e. The molecule has 0 aliphatic rings. The molecule has 210 valence electrons. The van der Waals surface area contributed by atoms with Gasteiger partial charge in [0.15, 0.2) is 5.82 Å². The number of benzene rings is 1. The second-order valence-corrected chi connectivity index (χ2v) is 10.1. The minimum absolute atomic E-state index is 0.197. The molecule has 0 N–H and O–H groups in total. The van der Waals surface area contributed by atoms with Gasteiger partial charge in [0.25, 0.3) is 0 Å². The lowest BCUT2D eigenvalue weighted by Crippen LogP contribution is -2.08. The second kappa shape index (κ2) is 20.2. The van der Waals surface area contributed by atoms with Crippen LogP contribution in [0.25, 0.3) is 11.4 Å². The summed E-state index contributed by atoms with van der Waals surface area (Å²) in [6.07, 6.45) is 22.7. The molecule has 0 unspecified atom stereocenters. The van der Waals surface area contributed by atoms with E-state index in [1.807, 2.05) is 12.1 Å². The van der Waals surface area contributed by atoms with Crippen molar-refractivity contribution in [3.8, 4) is 17.1 Å². The van der Waals surface area contributed by atoms with Crippen molar-refractivity contribution in [2.24, 2.45) is 0 Å². The first-order valence-electron chi connectivity index (χ1n) is 14.9. The third-order valence-corrected chi connectivity index (χ3v) is 6.70. The number of aromatic nitrogens is 2. The van der Waals surface area contributed by atoms with E-state index in [2.05, 4.69) is 23.8 Å². The van der Waals surface area contributed by atoms with Crippen LogP contribution in [0.1, 0.15) is 133 Å². The summed E-state index contributed by atoms with van der Waals surface area (Å²) in [5.74, 6) is 0.425. The third-order valence-electron chi connectivity index (χ3n) is 6.70. The molecule has 0 amide bonds. The van der Waals surface area contributed by atoms with Gasteiger partial charge in [-0.3, -0.25) is 4.79 Å². The Kier molecular flexibility index (Phi) is 16.8. The van der Waals surface area contributed by atoms with E-state index < -0.39 is 5.97 Å². The molecule has 1 heterocycles. The van der Waals surface area contributed by atoms with Crippen molar-refractivity contribution in [2.75, 3.05) is 6.61 Å². The van der Waals surface area contributed by atoms with E-state index in [9.17, 15) is 9.59 Å². The van der Waals surface area contributed by atoms with Crippen LogP contribution >= 0.6 is 0 Å². The van der Waals surface area contributed by atoms with Crippen LogP contribution in [0, 0.1) is 0 Å². The normalized spacial score (nSPS) is 10.9. The van der Waals surface area contributed by atoms with Gasteiger partial charge in [0.2, 0.25) is 0 Å². The number of unbranched alkanes of at least 4 members (excludes halogenated alkanes) is 14. The first-order valence-corrected chi connectivity index (χ1v) is 14.9. The highest BCUT2D eigenvalue weighted by Gasteiger charge is 2.10. The Balaban J connectivity index is 1.63. The molecular formula is C32H48N2O4. The minimum atomic E-state index is -0.394. The van der Waals surface area contributed by atoms with Gasteiger partial charge in [-0.2, -0.15) is 0 Å². The molecule has 1 aromatic carbocycles. The molecule has 0 radical (unpaired) electrons. The number of rotatable bonds is 21. The van der Waals surface area contributed by atoms with Crippen molar-refractivity contribution in [3.63, 3.8) is 0 Å². The zero-order valence-electron chi connectivity index (χ0n) is 23.7. The van der Waals surface area contributed by atoms with E-state index in [0.717, 1.165) is 31.2 Å². The Bertz CT molecular complexity index is 897. The average molecular weight is 525 g/mol. The summed E-state index contributed by atoms with van der Waals surface area (Å²) in [6.45, 7) is 4.86. The SMILES string of the molecule is CCCCCCCCCCCCC(=O)Oc1ccc(-c2ncc(C(=O)OCCCCCCCC)cn2)cc1. The van der Waals surface area contributed by atoms with Crippen molar-refractivity contribution < 1.29 is 19.1 Å². The third kappa shape index (κ3) is 13.7. The molecule has 0 bridgehead atoms. The van der Waals surface area contributed by atoms with E-state index in [0.29, 0.717) is 30.2 Å². The number of ether oxygens (including phenoxy) is 2. The van der Waals surface area contributed by atoms with Crippen LogP contribution in [-0.4, -0.2) is 28.5 Å². The van der Waals surface area contributed by atoms with Gasteiger partial charge in [-0.25, -0.2) is 14.8 Å². The van der Waals surface area contributed by atoms with Gasteiger partial charge in [-0.05, 0) is 37.1 Å². The zero-order valence-corrected chi connectivity index (χ0v) is 23.7. The molecule has 0 saturated heterocycles. The maximum atomic E-state index is 12.2. The summed E-state index contributed by atoms with van der Waals surface area (Å²) in [7, 11) is 0. The van der Waals surface area contributed by atoms with Gasteiger partial charge in [-0.1, -0.05) is 104 Å². The van der Waals surface area contributed by atoms with Crippen LogP contribution < -0.4 is 4.74 Å². The first kappa shape index (κ1) is 31.5. The molecule has 6 heteroatoms. The van der Waals surface area contributed by atoms with Crippen LogP contribution in [0.15, 0.2) is 36.7 Å². The van der Waals surface area contributed by atoms with Gasteiger partial charge >= 0.3 is 11.9 Å². The van der Waals surface area contributed by atoms with Crippen molar-refractivity contribution in [2.45, 2.75) is 123 Å². The van der Waals surface area contributed by atoms with Crippen molar-refractivity contribution >= 4 is 11.9 Å². The van der Waals surface area contributed by atoms with Gasteiger partial charge in [-0.15, -0.1) is 0 Å². The van der Waals surface area contributed by atoms with Crippen LogP contribution in [0.5, 0.6) is 5.75 Å². The zero-order chi connectivity index (χ0) is 27.3. The maximum absolute atomic E-state index is 12.2. The fraction of sp³-hybridized carbons (Fsp3) is 0.625. The Morgan fingerprint density at radius 3 is 1.71 bits per heavy atom. The van der Waals surface area contributed by atoms with Crippen LogP contribution in [0.2, 0.25) is 0 Å². The predicted molar refractivity (Wildman–Crippen MR) is 153 cm³/mol. The number of esters is 2. The molecule has 0 aliphatic carbocycles. The molecule has 0 atom stereocenters. The highest BCUT2D eigenvalue weighted by Crippen LogP contribution is 2.20. The summed E-state index contributed by atoms with van der Waals surface area (Å²) < 4.78 is 10.8. The summed E-state index contributed by atoms with van der Waals surface area (Å²) in [4.78, 5) is 33.0. The molecule has 0 spiro atoms. The molecule has 38 heavy (non-hydrogen) atoms. The number of carbonyl (C=O) groups excluding carboxylic acids is 2. The van der Waals surface area contributed by atoms with Crippen molar-refractivity contribution in [3.05, 3.63) is 42.2 Å². The van der Waals surface area contributed by atoms with Gasteiger partial charge in [0, 0.05) is 24.4 Å². The van der Waals surface area contributed by atoms with Crippen molar-refractivity contribution in [1.29, 1.82) is 0 Å². The Labute approximate surface area is 230 Å². The van der Waals surface area contributed by atoms with Crippen LogP contribution in [0.4, 0.5) is 0 Å². The van der Waals surface area contributed by atoms with Gasteiger partial charge < -0.3 is 9.47 Å². The summed E-state index contributed by atoms with van der Waals surface area (Å²) >= 11 is 0. The van der Waals surface area contributed by atoms with Gasteiger partial charge in [0.05, 0.1) is 12.2 Å². The van der Waals surface area contributed by atoms with Crippen molar-refractivity contribution in [1.82, 2.24) is 9.97 Å². The molecule has 6 nitrogen and oxygen atoms in total. The lowest BCUT2D eigenvalue weighted by atomic mass is 10.1. The Morgan fingerprint density at radius 1 is 0.658 bits per heavy atom. The topological polar surface area (TPSA) is 78.4 Å². The molecule has 0 fully saturated rings. The summed E-state index contributed by atoms with van der Waals surface area (Å²) in [6, 6.07) is 7.12. The standard InChI is InChI=1S/C32H48N2O4/c1-3-5-7-9-11-12-13-14-15-17-19-30(35)38-29-22-20-27(21-23-29)31-33-25-28(26-34-31)32(36)37-24-18-16-10-8-6-4-2/h20-23,25-26H,3-19,24H2,1-2H3. The highest BCUT2D eigenvalue weighted by atomic mass is 16.5. The molecule has 2 aromatic rings. The highest BCUT2D eigenvalue weighted by molar-refractivity contribution is 5.88. The maximum Gasteiger partial charge on any atom is 0.341 e. The van der Waals surface area contributed by atoms with Gasteiger partial charge in [0.1, 0.15) is 5.75 Å².